The fraction of sp³-hybridized carbons (Fsp3) is 0.304. The zero-order valence-corrected chi connectivity index (χ0v) is 17.7. The number of carbonyl (C=O) groups is 1. The number of halogens is 1. The number of rotatable bonds is 9. The van der Waals surface area contributed by atoms with Crippen LogP contribution in [0.15, 0.2) is 53.9 Å². The van der Waals surface area contributed by atoms with E-state index in [1.165, 1.54) is 49.0 Å². The lowest BCUT2D eigenvalue weighted by Gasteiger charge is -2.05. The minimum atomic E-state index is -0.133. The molecule has 3 nitrogen and oxygen atoms in total. The standard InChI is InChI=1S/C23H25ClN2OS/c1-2-3-4-5-6-7-17-8-10-19(11-9-17)22(27)26-23-25-21(16-28-23)18-12-14-20(24)15-13-18/h8-16H,2-7H2,1H3,(H,25,26,27). The fourth-order valence-electron chi connectivity index (χ4n) is 3.01. The van der Waals surface area contributed by atoms with E-state index in [9.17, 15) is 4.79 Å². The van der Waals surface area contributed by atoms with E-state index in [2.05, 4.69) is 29.4 Å². The van der Waals surface area contributed by atoms with Crippen molar-refractivity contribution < 1.29 is 4.79 Å². The quantitative estimate of drug-likeness (QED) is 0.376. The van der Waals surface area contributed by atoms with E-state index >= 15 is 0 Å². The molecule has 0 aliphatic carbocycles. The number of carbonyl (C=O) groups excluding carboxylic acids is 1. The smallest absolute Gasteiger partial charge is 0.257 e. The van der Waals surface area contributed by atoms with Gasteiger partial charge in [0.1, 0.15) is 0 Å². The van der Waals surface area contributed by atoms with Crippen molar-refractivity contribution in [2.24, 2.45) is 0 Å². The van der Waals surface area contributed by atoms with Crippen molar-refractivity contribution >= 4 is 34.0 Å². The SMILES string of the molecule is CCCCCCCc1ccc(C(=O)Nc2nc(-c3ccc(Cl)cc3)cs2)cc1. The van der Waals surface area contributed by atoms with Crippen molar-refractivity contribution in [1.29, 1.82) is 0 Å². The number of aromatic nitrogens is 1. The topological polar surface area (TPSA) is 42.0 Å². The van der Waals surface area contributed by atoms with Crippen molar-refractivity contribution in [2.45, 2.75) is 45.4 Å². The van der Waals surface area contributed by atoms with Crippen LogP contribution in [-0.2, 0) is 6.42 Å². The maximum absolute atomic E-state index is 12.5. The van der Waals surface area contributed by atoms with Gasteiger partial charge in [0.25, 0.3) is 5.91 Å². The Balaban J connectivity index is 1.54. The van der Waals surface area contributed by atoms with Gasteiger partial charge in [0.05, 0.1) is 5.69 Å². The summed E-state index contributed by atoms with van der Waals surface area (Å²) in [5, 5.41) is 6.10. The van der Waals surface area contributed by atoms with Crippen LogP contribution in [0.1, 0.15) is 54.9 Å². The summed E-state index contributed by atoms with van der Waals surface area (Å²) in [6.45, 7) is 2.23. The zero-order valence-electron chi connectivity index (χ0n) is 16.1. The molecule has 0 saturated carbocycles. The fourth-order valence-corrected chi connectivity index (χ4v) is 3.85. The van der Waals surface area contributed by atoms with Crippen LogP contribution in [0, 0.1) is 0 Å². The highest BCUT2D eigenvalue weighted by Gasteiger charge is 2.10. The molecule has 0 unspecified atom stereocenters. The van der Waals surface area contributed by atoms with Gasteiger partial charge in [-0.2, -0.15) is 0 Å². The van der Waals surface area contributed by atoms with Gasteiger partial charge in [-0.1, -0.05) is 68.5 Å². The van der Waals surface area contributed by atoms with Crippen molar-refractivity contribution in [3.8, 4) is 11.3 Å². The molecule has 146 valence electrons. The van der Waals surface area contributed by atoms with Gasteiger partial charge in [-0.15, -0.1) is 11.3 Å². The minimum absolute atomic E-state index is 0.133. The molecule has 1 heterocycles. The molecule has 0 radical (unpaired) electrons. The number of nitrogens with one attached hydrogen (secondary N) is 1. The molecule has 28 heavy (non-hydrogen) atoms. The summed E-state index contributed by atoms with van der Waals surface area (Å²) in [5.41, 5.74) is 3.74. The molecule has 1 aromatic heterocycles. The Kier molecular flexibility index (Phi) is 7.63. The molecule has 2 aromatic carbocycles. The summed E-state index contributed by atoms with van der Waals surface area (Å²) >= 11 is 7.34. The molecule has 3 aromatic rings. The first-order chi connectivity index (χ1) is 13.7. The number of hydrogen-bond acceptors (Lipinski definition) is 3. The third-order valence-corrected chi connectivity index (χ3v) is 5.66. The molecule has 0 saturated heterocycles. The first-order valence-corrected chi connectivity index (χ1v) is 11.0. The summed E-state index contributed by atoms with van der Waals surface area (Å²) in [4.78, 5) is 17.0. The molecule has 5 heteroatoms. The molecule has 0 atom stereocenters. The third-order valence-electron chi connectivity index (χ3n) is 4.65. The maximum Gasteiger partial charge on any atom is 0.257 e. The Hall–Kier alpha value is -2.17. The lowest BCUT2D eigenvalue weighted by atomic mass is 10.0. The number of benzene rings is 2. The summed E-state index contributed by atoms with van der Waals surface area (Å²) < 4.78 is 0. The van der Waals surface area contributed by atoms with Crippen molar-refractivity contribution in [2.75, 3.05) is 5.32 Å². The Labute approximate surface area is 175 Å². The summed E-state index contributed by atoms with van der Waals surface area (Å²) in [5.74, 6) is -0.133. The molecule has 3 rings (SSSR count). The number of hydrogen-bond donors (Lipinski definition) is 1. The van der Waals surface area contributed by atoms with Crippen molar-refractivity contribution in [3.63, 3.8) is 0 Å². The Bertz CT molecular complexity index is 888. The lowest BCUT2D eigenvalue weighted by molar-refractivity contribution is 0.102. The number of nitrogens with zero attached hydrogens (tertiary/aromatic N) is 1. The van der Waals surface area contributed by atoms with E-state index in [0.717, 1.165) is 17.7 Å². The second-order valence-corrected chi connectivity index (χ2v) is 8.15. The van der Waals surface area contributed by atoms with Gasteiger partial charge in [-0.25, -0.2) is 4.98 Å². The van der Waals surface area contributed by atoms with E-state index in [1.54, 1.807) is 0 Å². The van der Waals surface area contributed by atoms with Gasteiger partial charge in [0, 0.05) is 21.5 Å². The van der Waals surface area contributed by atoms with Crippen LogP contribution in [0.5, 0.6) is 0 Å². The van der Waals surface area contributed by atoms with Gasteiger partial charge < -0.3 is 0 Å². The summed E-state index contributed by atoms with van der Waals surface area (Å²) in [6.07, 6.45) is 7.44. The predicted molar refractivity (Wildman–Crippen MR) is 119 cm³/mol. The van der Waals surface area contributed by atoms with E-state index in [1.807, 2.05) is 41.8 Å². The predicted octanol–water partition coefficient (Wildman–Crippen LogP) is 7.23. The molecule has 0 fully saturated rings. The molecule has 1 amide bonds. The normalized spacial score (nSPS) is 10.8. The highest BCUT2D eigenvalue weighted by atomic mass is 35.5. The van der Waals surface area contributed by atoms with E-state index in [4.69, 9.17) is 11.6 Å². The van der Waals surface area contributed by atoms with Gasteiger partial charge in [0.15, 0.2) is 5.13 Å². The second kappa shape index (κ2) is 10.4. The lowest BCUT2D eigenvalue weighted by Crippen LogP contribution is -2.11. The van der Waals surface area contributed by atoms with E-state index in [0.29, 0.717) is 15.7 Å². The van der Waals surface area contributed by atoms with Crippen LogP contribution in [-0.4, -0.2) is 10.9 Å². The molecular weight excluding hydrogens is 388 g/mol. The molecule has 1 N–H and O–H groups in total. The van der Waals surface area contributed by atoms with Gasteiger partial charge in [0.2, 0.25) is 0 Å². The average molecular weight is 413 g/mol. The first kappa shape index (κ1) is 20.6. The van der Waals surface area contributed by atoms with Crippen LogP contribution in [0.4, 0.5) is 5.13 Å². The molecule has 0 aliphatic rings. The number of anilines is 1. The highest BCUT2D eigenvalue weighted by molar-refractivity contribution is 7.14. The van der Waals surface area contributed by atoms with Crippen LogP contribution in [0.2, 0.25) is 5.02 Å². The molecule has 0 spiro atoms. The van der Waals surface area contributed by atoms with Gasteiger partial charge >= 0.3 is 0 Å². The monoisotopic (exact) mass is 412 g/mol. The molecule has 0 bridgehead atoms. The zero-order chi connectivity index (χ0) is 19.8. The molecular formula is C23H25ClN2OS. The largest absolute Gasteiger partial charge is 0.298 e. The molecule has 0 aliphatic heterocycles. The summed E-state index contributed by atoms with van der Waals surface area (Å²) in [6, 6.07) is 15.4. The van der Waals surface area contributed by atoms with Crippen molar-refractivity contribution in [3.05, 3.63) is 70.1 Å². The van der Waals surface area contributed by atoms with Gasteiger partial charge in [-0.3, -0.25) is 10.1 Å². The Morgan fingerprint density at radius 1 is 1.00 bits per heavy atom. The van der Waals surface area contributed by atoms with Crippen LogP contribution in [0.25, 0.3) is 11.3 Å². The van der Waals surface area contributed by atoms with Crippen LogP contribution in [0.3, 0.4) is 0 Å². The number of unbranched alkanes of at least 4 members (excludes halogenated alkanes) is 4. The average Bonchev–Trinajstić information content (AvgIpc) is 3.17. The first-order valence-electron chi connectivity index (χ1n) is 9.77. The summed E-state index contributed by atoms with van der Waals surface area (Å²) in [7, 11) is 0. The maximum atomic E-state index is 12.5. The Morgan fingerprint density at radius 3 is 2.43 bits per heavy atom. The third kappa shape index (κ3) is 5.91. The minimum Gasteiger partial charge on any atom is -0.298 e. The highest BCUT2D eigenvalue weighted by Crippen LogP contribution is 2.26. The number of amides is 1. The van der Waals surface area contributed by atoms with Gasteiger partial charge in [-0.05, 0) is 42.7 Å². The van der Waals surface area contributed by atoms with E-state index in [-0.39, 0.29) is 5.91 Å². The van der Waals surface area contributed by atoms with Crippen molar-refractivity contribution in [1.82, 2.24) is 4.98 Å². The van der Waals surface area contributed by atoms with Crippen LogP contribution >= 0.6 is 22.9 Å². The Morgan fingerprint density at radius 2 is 1.71 bits per heavy atom. The van der Waals surface area contributed by atoms with Crippen LogP contribution < -0.4 is 5.32 Å². The van der Waals surface area contributed by atoms with E-state index < -0.39 is 0 Å². The number of aryl methyl sites for hydroxylation is 1. The number of thiazole rings is 1. The second-order valence-electron chi connectivity index (χ2n) is 6.86.